The van der Waals surface area contributed by atoms with Gasteiger partial charge in [0.25, 0.3) is 0 Å². The van der Waals surface area contributed by atoms with Gasteiger partial charge in [-0.3, -0.25) is 4.99 Å². The van der Waals surface area contributed by atoms with Crippen LogP contribution in [0.5, 0.6) is 11.5 Å². The maximum Gasteiger partial charge on any atom is 0.416 e. The molecular weight excluding hydrogens is 498 g/mol. The first-order valence-electron chi connectivity index (χ1n) is 8.68. The fraction of sp³-hybridized carbons (Fsp3) is 0.350. The summed E-state index contributed by atoms with van der Waals surface area (Å²) in [6, 6.07) is 10.2. The third kappa shape index (κ3) is 7.30. The molecule has 160 valence electrons. The summed E-state index contributed by atoms with van der Waals surface area (Å²) in [5, 5.41) is 13.2. The largest absolute Gasteiger partial charge is 0.508 e. The number of guanidine groups is 1. The maximum atomic E-state index is 12.7. The highest BCUT2D eigenvalue weighted by atomic mass is 127. The van der Waals surface area contributed by atoms with Crippen LogP contribution in [-0.4, -0.2) is 43.7 Å². The van der Waals surface area contributed by atoms with Gasteiger partial charge in [0, 0.05) is 33.3 Å². The topological polar surface area (TPSA) is 57.1 Å². The van der Waals surface area contributed by atoms with Gasteiger partial charge in [0.05, 0.1) is 12.7 Å². The van der Waals surface area contributed by atoms with Crippen molar-refractivity contribution in [2.45, 2.75) is 19.1 Å². The molecule has 0 unspecified atom stereocenters. The molecule has 0 heterocycles. The van der Waals surface area contributed by atoms with Gasteiger partial charge in [-0.1, -0.05) is 18.2 Å². The van der Waals surface area contributed by atoms with Crippen LogP contribution in [0.2, 0.25) is 0 Å². The lowest BCUT2D eigenvalue weighted by Gasteiger charge is -2.22. The van der Waals surface area contributed by atoms with Crippen molar-refractivity contribution in [3.63, 3.8) is 0 Å². The molecule has 0 atom stereocenters. The molecule has 0 saturated heterocycles. The van der Waals surface area contributed by atoms with Gasteiger partial charge in [0.2, 0.25) is 0 Å². The number of halogens is 4. The van der Waals surface area contributed by atoms with Crippen molar-refractivity contribution in [1.29, 1.82) is 0 Å². The molecule has 2 aromatic rings. The molecule has 9 heteroatoms. The predicted octanol–water partition coefficient (Wildman–Crippen LogP) is 4.29. The Morgan fingerprint density at radius 2 is 1.83 bits per heavy atom. The summed E-state index contributed by atoms with van der Waals surface area (Å²) in [5.41, 5.74) is 0.848. The second-order valence-electron chi connectivity index (χ2n) is 6.27. The minimum absolute atomic E-state index is 0. The summed E-state index contributed by atoms with van der Waals surface area (Å²) in [7, 11) is 4.97. The van der Waals surface area contributed by atoms with Gasteiger partial charge >= 0.3 is 6.18 Å². The van der Waals surface area contributed by atoms with Crippen molar-refractivity contribution < 1.29 is 23.0 Å². The van der Waals surface area contributed by atoms with Crippen LogP contribution in [0.1, 0.15) is 16.7 Å². The lowest BCUT2D eigenvalue weighted by molar-refractivity contribution is -0.137. The van der Waals surface area contributed by atoms with Crippen molar-refractivity contribution in [1.82, 2.24) is 10.2 Å². The molecule has 2 rings (SSSR count). The average molecular weight is 523 g/mol. The average Bonchev–Trinajstić information content (AvgIpc) is 2.65. The minimum atomic E-state index is -4.34. The van der Waals surface area contributed by atoms with E-state index < -0.39 is 11.7 Å². The Morgan fingerprint density at radius 3 is 2.34 bits per heavy atom. The van der Waals surface area contributed by atoms with Crippen LogP contribution >= 0.6 is 24.0 Å². The lowest BCUT2D eigenvalue weighted by Crippen LogP contribution is -2.39. The molecule has 2 aromatic carbocycles. The Bertz CT molecular complexity index is 812. The molecule has 0 aliphatic rings. The molecular formula is C20H25F3IN3O2. The second kappa shape index (κ2) is 11.1. The highest BCUT2D eigenvalue weighted by Gasteiger charge is 2.29. The van der Waals surface area contributed by atoms with Crippen molar-refractivity contribution in [3.05, 3.63) is 59.2 Å². The number of aromatic hydroxyl groups is 1. The quantitative estimate of drug-likeness (QED) is 0.337. The van der Waals surface area contributed by atoms with Crippen molar-refractivity contribution >= 4 is 29.9 Å². The Balaban J connectivity index is 0.00000420. The van der Waals surface area contributed by atoms with Crippen LogP contribution in [-0.2, 0) is 19.1 Å². The Kier molecular flexibility index (Phi) is 9.54. The van der Waals surface area contributed by atoms with Gasteiger partial charge in [-0.2, -0.15) is 13.2 Å². The van der Waals surface area contributed by atoms with Crippen LogP contribution < -0.4 is 10.1 Å². The third-order valence-electron chi connectivity index (χ3n) is 4.24. The van der Waals surface area contributed by atoms with E-state index >= 15 is 0 Å². The lowest BCUT2D eigenvalue weighted by atomic mass is 10.1. The van der Waals surface area contributed by atoms with Crippen molar-refractivity contribution in [2.24, 2.45) is 4.99 Å². The zero-order valence-electron chi connectivity index (χ0n) is 16.5. The van der Waals surface area contributed by atoms with Crippen LogP contribution in [0.15, 0.2) is 47.5 Å². The van der Waals surface area contributed by atoms with Gasteiger partial charge in [-0.15, -0.1) is 24.0 Å². The van der Waals surface area contributed by atoms with Crippen molar-refractivity contribution in [3.8, 4) is 11.5 Å². The fourth-order valence-electron chi connectivity index (χ4n) is 2.72. The van der Waals surface area contributed by atoms with Crippen molar-refractivity contribution in [2.75, 3.05) is 27.7 Å². The molecule has 0 saturated carbocycles. The van der Waals surface area contributed by atoms with E-state index in [-0.39, 0.29) is 29.7 Å². The number of benzene rings is 2. The Morgan fingerprint density at radius 1 is 1.17 bits per heavy atom. The molecule has 0 aromatic heterocycles. The number of nitrogens with one attached hydrogen (secondary N) is 1. The molecule has 0 aliphatic carbocycles. The summed E-state index contributed by atoms with van der Waals surface area (Å²) >= 11 is 0. The number of phenols is 1. The van der Waals surface area contributed by atoms with E-state index in [0.29, 0.717) is 31.2 Å². The normalized spacial score (nSPS) is 11.6. The number of rotatable bonds is 6. The van der Waals surface area contributed by atoms with Gasteiger partial charge in [0.1, 0.15) is 11.5 Å². The molecule has 0 fully saturated rings. The van der Waals surface area contributed by atoms with Gasteiger partial charge in [-0.05, 0) is 35.7 Å². The van der Waals surface area contributed by atoms with E-state index in [2.05, 4.69) is 10.3 Å². The van der Waals surface area contributed by atoms with Crippen LogP contribution in [0.4, 0.5) is 13.2 Å². The van der Waals surface area contributed by atoms with Crippen LogP contribution in [0, 0.1) is 0 Å². The zero-order valence-corrected chi connectivity index (χ0v) is 18.8. The SMILES string of the molecule is CN=C(NCCc1ccc(OC)cc1O)N(C)Cc1ccc(C(F)(F)F)cc1.I. The Hall–Kier alpha value is -2.17. The molecule has 0 radical (unpaired) electrons. The van der Waals surface area contributed by atoms with E-state index in [1.165, 1.54) is 19.2 Å². The predicted molar refractivity (Wildman–Crippen MR) is 118 cm³/mol. The second-order valence-corrected chi connectivity index (χ2v) is 6.27. The first-order valence-corrected chi connectivity index (χ1v) is 8.68. The molecule has 5 nitrogen and oxygen atoms in total. The van der Waals surface area contributed by atoms with E-state index in [4.69, 9.17) is 4.74 Å². The number of phenolic OH excluding ortho intramolecular Hbond substituents is 1. The molecule has 29 heavy (non-hydrogen) atoms. The van der Waals surface area contributed by atoms with E-state index in [1.807, 2.05) is 4.90 Å². The first-order chi connectivity index (χ1) is 13.2. The Labute approximate surface area is 185 Å². The first kappa shape index (κ1) is 24.9. The molecule has 0 amide bonds. The molecule has 0 bridgehead atoms. The number of hydrogen-bond acceptors (Lipinski definition) is 3. The van der Waals surface area contributed by atoms with E-state index in [1.54, 1.807) is 32.3 Å². The van der Waals surface area contributed by atoms with Crippen LogP contribution in [0.25, 0.3) is 0 Å². The number of methoxy groups -OCH3 is 1. The molecule has 0 spiro atoms. The zero-order chi connectivity index (χ0) is 20.7. The molecule has 0 aliphatic heterocycles. The number of alkyl halides is 3. The van der Waals surface area contributed by atoms with Gasteiger partial charge < -0.3 is 20.1 Å². The monoisotopic (exact) mass is 523 g/mol. The smallest absolute Gasteiger partial charge is 0.416 e. The van der Waals surface area contributed by atoms with Gasteiger partial charge in [0.15, 0.2) is 5.96 Å². The maximum absolute atomic E-state index is 12.7. The number of ether oxygens (including phenoxy) is 1. The van der Waals surface area contributed by atoms with E-state index in [9.17, 15) is 18.3 Å². The molecule has 2 N–H and O–H groups in total. The van der Waals surface area contributed by atoms with Gasteiger partial charge in [-0.25, -0.2) is 0 Å². The number of aliphatic imine (C=N–C) groups is 1. The summed E-state index contributed by atoms with van der Waals surface area (Å²) < 4.78 is 43.0. The summed E-state index contributed by atoms with van der Waals surface area (Å²) in [5.74, 6) is 1.35. The summed E-state index contributed by atoms with van der Waals surface area (Å²) in [4.78, 5) is 6.01. The highest BCUT2D eigenvalue weighted by molar-refractivity contribution is 14.0. The summed E-state index contributed by atoms with van der Waals surface area (Å²) in [6.07, 6.45) is -3.77. The third-order valence-corrected chi connectivity index (χ3v) is 4.24. The summed E-state index contributed by atoms with van der Waals surface area (Å²) in [6.45, 7) is 0.940. The van der Waals surface area contributed by atoms with E-state index in [0.717, 1.165) is 23.3 Å². The standard InChI is InChI=1S/C20H24F3N3O2.HI/c1-24-19(25-11-10-15-6-9-17(28-3)12-18(15)27)26(2)13-14-4-7-16(8-5-14)20(21,22)23;/h4-9,12,27H,10-11,13H2,1-3H3,(H,24,25);1H. The fourth-order valence-corrected chi connectivity index (χ4v) is 2.72. The minimum Gasteiger partial charge on any atom is -0.508 e. The highest BCUT2D eigenvalue weighted by Crippen LogP contribution is 2.29. The van der Waals surface area contributed by atoms with Crippen LogP contribution in [0.3, 0.4) is 0 Å². The number of nitrogens with zero attached hydrogens (tertiary/aromatic N) is 2. The number of hydrogen-bond donors (Lipinski definition) is 2.